The minimum atomic E-state index is -0.433. The number of H-pyrrole nitrogens is 1. The Balaban J connectivity index is 1.65. The number of amides is 1. The number of carbonyl (C=O) groups is 1. The van der Waals surface area contributed by atoms with E-state index < -0.39 is 4.92 Å². The molecule has 0 bridgehead atoms. The van der Waals surface area contributed by atoms with E-state index in [0.29, 0.717) is 26.2 Å². The molecule has 8 nitrogen and oxygen atoms in total. The van der Waals surface area contributed by atoms with Crippen LogP contribution in [0.2, 0.25) is 0 Å². The van der Waals surface area contributed by atoms with Gasteiger partial charge >= 0.3 is 0 Å². The highest BCUT2D eigenvalue weighted by atomic mass is 16.6. The van der Waals surface area contributed by atoms with Crippen molar-refractivity contribution in [2.45, 2.75) is 0 Å². The lowest BCUT2D eigenvalue weighted by Gasteiger charge is -2.36. The lowest BCUT2D eigenvalue weighted by atomic mass is 10.2. The fraction of sp³-hybridized carbons (Fsp3) is 0.250. The van der Waals surface area contributed by atoms with Crippen molar-refractivity contribution in [2.24, 2.45) is 0 Å². The fourth-order valence-corrected chi connectivity index (χ4v) is 2.71. The number of pyridine rings is 1. The first-order valence-electron chi connectivity index (χ1n) is 7.52. The third-order valence-corrected chi connectivity index (χ3v) is 4.04. The lowest BCUT2D eigenvalue weighted by Crippen LogP contribution is -2.49. The largest absolute Gasteiger partial charge is 0.368 e. The first-order chi connectivity index (χ1) is 11.6. The number of anilines is 1. The van der Waals surface area contributed by atoms with Crippen LogP contribution in [-0.4, -0.2) is 46.9 Å². The zero-order valence-corrected chi connectivity index (χ0v) is 12.8. The topological polar surface area (TPSA) is 99.6 Å². The maximum Gasteiger partial charge on any atom is 0.269 e. The van der Waals surface area contributed by atoms with Crippen LogP contribution in [0, 0.1) is 10.1 Å². The van der Waals surface area contributed by atoms with E-state index in [-0.39, 0.29) is 22.7 Å². The number of rotatable bonds is 3. The predicted octanol–water partition coefficient (Wildman–Crippen LogP) is 1.25. The molecule has 0 radical (unpaired) electrons. The smallest absolute Gasteiger partial charge is 0.269 e. The summed E-state index contributed by atoms with van der Waals surface area (Å²) in [5.41, 5.74) is 0.683. The SMILES string of the molecule is O=C(c1ccc[nH]c1=O)N1CCN(c2ccc([N+](=O)[O-])cc2)CC1. The van der Waals surface area contributed by atoms with Gasteiger partial charge in [-0.25, -0.2) is 0 Å². The van der Waals surface area contributed by atoms with Crippen molar-refractivity contribution in [2.75, 3.05) is 31.1 Å². The number of non-ortho nitro benzene ring substituents is 1. The summed E-state index contributed by atoms with van der Waals surface area (Å²) in [6.45, 7) is 2.19. The molecule has 124 valence electrons. The van der Waals surface area contributed by atoms with Gasteiger partial charge in [0, 0.05) is 50.2 Å². The quantitative estimate of drug-likeness (QED) is 0.675. The normalized spacial score (nSPS) is 14.5. The minimum absolute atomic E-state index is 0.0517. The van der Waals surface area contributed by atoms with Gasteiger partial charge in [-0.05, 0) is 24.3 Å². The van der Waals surface area contributed by atoms with Crippen LogP contribution >= 0.6 is 0 Å². The number of nitrogens with zero attached hydrogens (tertiary/aromatic N) is 3. The zero-order valence-electron chi connectivity index (χ0n) is 12.8. The molecule has 1 saturated heterocycles. The Bertz CT molecular complexity index is 807. The fourth-order valence-electron chi connectivity index (χ4n) is 2.71. The molecule has 0 unspecified atom stereocenters. The highest BCUT2D eigenvalue weighted by Crippen LogP contribution is 2.20. The van der Waals surface area contributed by atoms with Crippen molar-refractivity contribution in [1.29, 1.82) is 0 Å². The highest BCUT2D eigenvalue weighted by Gasteiger charge is 2.24. The maximum absolute atomic E-state index is 12.4. The Kier molecular flexibility index (Phi) is 4.28. The van der Waals surface area contributed by atoms with Crippen LogP contribution in [0.5, 0.6) is 0 Å². The number of piperazine rings is 1. The molecule has 1 N–H and O–H groups in total. The van der Waals surface area contributed by atoms with E-state index >= 15 is 0 Å². The van der Waals surface area contributed by atoms with Gasteiger partial charge in [0.05, 0.1) is 4.92 Å². The van der Waals surface area contributed by atoms with Crippen molar-refractivity contribution >= 4 is 17.3 Å². The van der Waals surface area contributed by atoms with Gasteiger partial charge in [0.2, 0.25) is 0 Å². The van der Waals surface area contributed by atoms with Crippen LogP contribution in [-0.2, 0) is 0 Å². The first-order valence-corrected chi connectivity index (χ1v) is 7.52. The Morgan fingerprint density at radius 3 is 2.33 bits per heavy atom. The summed E-state index contributed by atoms with van der Waals surface area (Å²) in [5, 5.41) is 10.7. The second-order valence-electron chi connectivity index (χ2n) is 5.47. The standard InChI is InChI=1S/C16H16N4O4/c21-15-14(2-1-7-17-15)16(22)19-10-8-18(9-11-19)12-3-5-13(6-4-12)20(23)24/h1-7H,8-11H2,(H,17,21). The number of carbonyl (C=O) groups excluding carboxylic acids is 1. The average molecular weight is 328 g/mol. The summed E-state index contributed by atoms with van der Waals surface area (Å²) < 4.78 is 0. The number of nitro benzene ring substituents is 1. The number of aromatic nitrogens is 1. The molecule has 1 aliphatic heterocycles. The summed E-state index contributed by atoms with van der Waals surface area (Å²) in [5.74, 6) is -0.278. The Morgan fingerprint density at radius 2 is 1.75 bits per heavy atom. The number of nitrogens with one attached hydrogen (secondary N) is 1. The van der Waals surface area contributed by atoms with E-state index in [1.807, 2.05) is 0 Å². The molecule has 0 atom stereocenters. The Labute approximate surface area is 137 Å². The Morgan fingerprint density at radius 1 is 1.08 bits per heavy atom. The van der Waals surface area contributed by atoms with Crippen molar-refractivity contribution in [3.63, 3.8) is 0 Å². The molecule has 0 aliphatic carbocycles. The third kappa shape index (κ3) is 3.12. The van der Waals surface area contributed by atoms with Crippen LogP contribution < -0.4 is 10.5 Å². The molecule has 1 fully saturated rings. The average Bonchev–Trinajstić information content (AvgIpc) is 2.62. The zero-order chi connectivity index (χ0) is 17.1. The molecule has 0 saturated carbocycles. The number of aromatic amines is 1. The van der Waals surface area contributed by atoms with Gasteiger partial charge in [-0.1, -0.05) is 0 Å². The van der Waals surface area contributed by atoms with Gasteiger partial charge in [0.1, 0.15) is 5.56 Å². The van der Waals surface area contributed by atoms with Gasteiger partial charge in [-0.3, -0.25) is 19.7 Å². The van der Waals surface area contributed by atoms with Gasteiger partial charge < -0.3 is 14.8 Å². The van der Waals surface area contributed by atoms with Gasteiger partial charge in [0.15, 0.2) is 0 Å². The number of nitro groups is 1. The van der Waals surface area contributed by atoms with Gasteiger partial charge in [-0.15, -0.1) is 0 Å². The molecule has 2 aromatic rings. The third-order valence-electron chi connectivity index (χ3n) is 4.04. The van der Waals surface area contributed by atoms with Crippen LogP contribution in [0.1, 0.15) is 10.4 Å². The molecular weight excluding hydrogens is 312 g/mol. The molecule has 2 heterocycles. The van der Waals surface area contributed by atoms with Crippen molar-refractivity contribution in [3.8, 4) is 0 Å². The number of hydrogen-bond acceptors (Lipinski definition) is 5. The van der Waals surface area contributed by atoms with Crippen LogP contribution in [0.15, 0.2) is 47.4 Å². The molecule has 24 heavy (non-hydrogen) atoms. The van der Waals surface area contributed by atoms with E-state index in [1.165, 1.54) is 24.4 Å². The first kappa shape index (κ1) is 15.7. The van der Waals surface area contributed by atoms with Crippen LogP contribution in [0.3, 0.4) is 0 Å². The van der Waals surface area contributed by atoms with Crippen molar-refractivity contribution in [1.82, 2.24) is 9.88 Å². The van der Waals surface area contributed by atoms with Crippen molar-refractivity contribution in [3.05, 3.63) is 68.6 Å². The van der Waals surface area contributed by atoms with E-state index in [4.69, 9.17) is 0 Å². The predicted molar refractivity (Wildman–Crippen MR) is 88.3 cm³/mol. The molecule has 1 aromatic carbocycles. The highest BCUT2D eigenvalue weighted by molar-refractivity contribution is 5.94. The van der Waals surface area contributed by atoms with E-state index in [0.717, 1.165) is 5.69 Å². The lowest BCUT2D eigenvalue weighted by molar-refractivity contribution is -0.384. The summed E-state index contributed by atoms with van der Waals surface area (Å²) in [4.78, 5) is 40.6. The van der Waals surface area contributed by atoms with E-state index in [2.05, 4.69) is 9.88 Å². The van der Waals surface area contributed by atoms with Gasteiger partial charge in [-0.2, -0.15) is 0 Å². The molecule has 0 spiro atoms. The van der Waals surface area contributed by atoms with Crippen LogP contribution in [0.25, 0.3) is 0 Å². The second-order valence-corrected chi connectivity index (χ2v) is 5.47. The molecule has 1 aliphatic rings. The molecule has 3 rings (SSSR count). The molecule has 8 heteroatoms. The Hall–Kier alpha value is -3.16. The monoisotopic (exact) mass is 328 g/mol. The summed E-state index contributed by atoms with van der Waals surface area (Å²) in [7, 11) is 0. The van der Waals surface area contributed by atoms with Crippen LogP contribution in [0.4, 0.5) is 11.4 Å². The van der Waals surface area contributed by atoms with Crippen molar-refractivity contribution < 1.29 is 9.72 Å². The second kappa shape index (κ2) is 6.53. The summed E-state index contributed by atoms with van der Waals surface area (Å²) in [6.07, 6.45) is 1.49. The summed E-state index contributed by atoms with van der Waals surface area (Å²) >= 11 is 0. The number of hydrogen-bond donors (Lipinski definition) is 1. The van der Waals surface area contributed by atoms with E-state index in [1.54, 1.807) is 23.1 Å². The number of benzene rings is 1. The molecule has 1 amide bonds. The molecular formula is C16H16N4O4. The maximum atomic E-state index is 12.4. The molecule has 1 aromatic heterocycles. The van der Waals surface area contributed by atoms with Gasteiger partial charge in [0.25, 0.3) is 17.2 Å². The summed E-state index contributed by atoms with van der Waals surface area (Å²) in [6, 6.07) is 9.49. The van der Waals surface area contributed by atoms with E-state index in [9.17, 15) is 19.7 Å². The minimum Gasteiger partial charge on any atom is -0.368 e.